The average molecular weight is 398 g/mol. The number of benzene rings is 1. The first-order chi connectivity index (χ1) is 14.1. The minimum atomic E-state index is -0.213. The maximum Gasteiger partial charge on any atom is 0.240 e. The van der Waals surface area contributed by atoms with E-state index in [0.717, 1.165) is 37.9 Å². The van der Waals surface area contributed by atoms with Gasteiger partial charge in [-0.2, -0.15) is 4.98 Å². The molecule has 2 aromatic rings. The fourth-order valence-corrected chi connectivity index (χ4v) is 5.76. The lowest BCUT2D eigenvalue weighted by Crippen LogP contribution is -2.65. The summed E-state index contributed by atoms with van der Waals surface area (Å²) in [7, 11) is 0. The predicted octanol–water partition coefficient (Wildman–Crippen LogP) is 2.96. The number of carbonyl (C=O) groups is 1. The van der Waals surface area contributed by atoms with Gasteiger partial charge < -0.3 is 9.42 Å². The summed E-state index contributed by atoms with van der Waals surface area (Å²) in [5, 5.41) is 3.91. The number of hydrogen-bond donors (Lipinski definition) is 0. The number of aromatic nitrogens is 2. The van der Waals surface area contributed by atoms with Crippen LogP contribution in [0.1, 0.15) is 43.0 Å². The molecule has 0 saturated carbocycles. The normalized spacial score (nSPS) is 29.7. The molecule has 3 saturated heterocycles. The lowest BCUT2D eigenvalue weighted by molar-refractivity contribution is -0.153. The van der Waals surface area contributed by atoms with Gasteiger partial charge in [0.05, 0.1) is 6.54 Å². The van der Waals surface area contributed by atoms with Crippen molar-refractivity contribution in [2.45, 2.75) is 57.7 Å². The number of piperidine rings is 3. The number of rotatable bonds is 4. The molecule has 1 aromatic heterocycles. The molecule has 3 aliphatic rings. The second kappa shape index (κ2) is 7.52. The van der Waals surface area contributed by atoms with Gasteiger partial charge in [-0.1, -0.05) is 17.3 Å². The van der Waals surface area contributed by atoms with E-state index in [-0.39, 0.29) is 17.8 Å². The quantitative estimate of drug-likeness (QED) is 0.792. The molecule has 5 rings (SSSR count). The molecule has 4 atom stereocenters. The number of amides is 1. The molecule has 1 aromatic carbocycles. The molecule has 2 bridgehead atoms. The summed E-state index contributed by atoms with van der Waals surface area (Å²) in [6, 6.07) is 7.23. The van der Waals surface area contributed by atoms with Crippen molar-refractivity contribution in [2.24, 2.45) is 11.8 Å². The van der Waals surface area contributed by atoms with Crippen molar-refractivity contribution in [3.8, 4) is 0 Å². The topological polar surface area (TPSA) is 62.5 Å². The van der Waals surface area contributed by atoms with Gasteiger partial charge in [0.1, 0.15) is 5.82 Å². The summed E-state index contributed by atoms with van der Waals surface area (Å²) in [4.78, 5) is 21.9. The van der Waals surface area contributed by atoms with Gasteiger partial charge >= 0.3 is 0 Å². The highest BCUT2D eigenvalue weighted by Crippen LogP contribution is 2.42. The molecular weight excluding hydrogens is 371 g/mol. The fraction of sp³-hybridized carbons (Fsp3) is 0.591. The Hall–Kier alpha value is -2.28. The summed E-state index contributed by atoms with van der Waals surface area (Å²) in [6.07, 6.45) is 4.52. The van der Waals surface area contributed by atoms with Crippen LogP contribution in [0.15, 0.2) is 28.8 Å². The van der Waals surface area contributed by atoms with Crippen LogP contribution in [0.4, 0.5) is 4.39 Å². The van der Waals surface area contributed by atoms with Gasteiger partial charge in [-0.05, 0) is 62.1 Å². The molecule has 154 valence electrons. The van der Waals surface area contributed by atoms with Crippen LogP contribution in [-0.4, -0.2) is 51.0 Å². The molecule has 7 heteroatoms. The fourth-order valence-electron chi connectivity index (χ4n) is 5.76. The Morgan fingerprint density at radius 1 is 1.28 bits per heavy atom. The summed E-state index contributed by atoms with van der Waals surface area (Å²) >= 11 is 0. The second-order valence-corrected chi connectivity index (χ2v) is 8.85. The molecule has 0 N–H and O–H groups in total. The Labute approximate surface area is 170 Å². The van der Waals surface area contributed by atoms with E-state index in [1.807, 2.05) is 13.0 Å². The smallest absolute Gasteiger partial charge is 0.240 e. The Bertz CT molecular complexity index is 900. The highest BCUT2D eigenvalue weighted by atomic mass is 19.1. The molecule has 0 aliphatic carbocycles. The first kappa shape index (κ1) is 18.7. The molecule has 4 heterocycles. The van der Waals surface area contributed by atoms with Gasteiger partial charge in [0.2, 0.25) is 11.8 Å². The lowest BCUT2D eigenvalue weighted by atomic mass is 9.71. The number of halogens is 1. The van der Waals surface area contributed by atoms with Crippen LogP contribution in [0.5, 0.6) is 0 Å². The SMILES string of the molecule is Cc1noc(CN2C[C@H]3C[C@@H](C2)[C@H](Cc2cccc(F)c2)N2C(=O)CCC[C@@H]32)n1. The van der Waals surface area contributed by atoms with Crippen molar-refractivity contribution in [2.75, 3.05) is 13.1 Å². The largest absolute Gasteiger partial charge is 0.338 e. The van der Waals surface area contributed by atoms with Crippen molar-refractivity contribution < 1.29 is 13.7 Å². The summed E-state index contributed by atoms with van der Waals surface area (Å²) in [5.74, 6) is 2.23. The third-order valence-corrected chi connectivity index (χ3v) is 6.83. The highest BCUT2D eigenvalue weighted by Gasteiger charge is 2.49. The van der Waals surface area contributed by atoms with Crippen molar-refractivity contribution in [1.82, 2.24) is 19.9 Å². The standard InChI is InChI=1S/C22H27FN4O2/c1-14-24-21(29-25-14)13-26-11-16-10-17(12-26)20(9-15-4-2-5-18(23)8-15)27-19(16)6-3-7-22(27)28/h2,4-5,8,16-17,19-20H,3,6-7,9-13H2,1H3/t16-,17+,19+,20+/m1/s1. The number of nitrogens with zero attached hydrogens (tertiary/aromatic N) is 4. The Kier molecular flexibility index (Phi) is 4.86. The van der Waals surface area contributed by atoms with Crippen molar-refractivity contribution in [1.29, 1.82) is 0 Å². The van der Waals surface area contributed by atoms with Gasteiger partial charge in [0.25, 0.3) is 0 Å². The molecule has 3 aliphatic heterocycles. The number of carbonyl (C=O) groups excluding carboxylic acids is 1. The second-order valence-electron chi connectivity index (χ2n) is 8.85. The maximum absolute atomic E-state index is 13.8. The number of aryl methyl sites for hydroxylation is 1. The third kappa shape index (κ3) is 3.68. The van der Waals surface area contributed by atoms with E-state index in [4.69, 9.17) is 4.52 Å². The molecule has 0 radical (unpaired) electrons. The summed E-state index contributed by atoms with van der Waals surface area (Å²) in [5.41, 5.74) is 0.968. The van der Waals surface area contributed by atoms with Gasteiger partial charge in [0.15, 0.2) is 5.82 Å². The maximum atomic E-state index is 13.8. The molecular formula is C22H27FN4O2. The van der Waals surface area contributed by atoms with Crippen LogP contribution >= 0.6 is 0 Å². The first-order valence-corrected chi connectivity index (χ1v) is 10.6. The molecule has 0 spiro atoms. The Morgan fingerprint density at radius 2 is 2.14 bits per heavy atom. The third-order valence-electron chi connectivity index (χ3n) is 6.83. The van der Waals surface area contributed by atoms with E-state index in [2.05, 4.69) is 19.9 Å². The molecule has 3 fully saturated rings. The summed E-state index contributed by atoms with van der Waals surface area (Å²) < 4.78 is 19.1. The van der Waals surface area contributed by atoms with Gasteiger partial charge in [-0.3, -0.25) is 9.69 Å². The van der Waals surface area contributed by atoms with E-state index in [1.165, 1.54) is 6.07 Å². The van der Waals surface area contributed by atoms with Crippen LogP contribution in [0, 0.1) is 24.6 Å². The Balaban J connectivity index is 1.41. The molecule has 0 unspecified atom stereocenters. The van der Waals surface area contributed by atoms with Crippen molar-refractivity contribution in [3.05, 3.63) is 47.4 Å². The number of fused-ring (bicyclic) bond motifs is 4. The minimum absolute atomic E-state index is 0.123. The lowest BCUT2D eigenvalue weighted by Gasteiger charge is -2.56. The average Bonchev–Trinajstić information content (AvgIpc) is 3.10. The van der Waals surface area contributed by atoms with E-state index < -0.39 is 0 Å². The highest BCUT2D eigenvalue weighted by molar-refractivity contribution is 5.78. The van der Waals surface area contributed by atoms with Crippen LogP contribution in [0.3, 0.4) is 0 Å². The van der Waals surface area contributed by atoms with Gasteiger partial charge in [-0.15, -0.1) is 0 Å². The van der Waals surface area contributed by atoms with Crippen molar-refractivity contribution >= 4 is 5.91 Å². The van der Waals surface area contributed by atoms with E-state index in [0.29, 0.717) is 49.0 Å². The van der Waals surface area contributed by atoms with E-state index in [1.54, 1.807) is 12.1 Å². The van der Waals surface area contributed by atoms with Crippen LogP contribution in [0.25, 0.3) is 0 Å². The molecule has 6 nitrogen and oxygen atoms in total. The molecule has 1 amide bonds. The number of likely N-dealkylation sites (tertiary alicyclic amines) is 1. The van der Waals surface area contributed by atoms with Crippen LogP contribution < -0.4 is 0 Å². The van der Waals surface area contributed by atoms with Crippen LogP contribution in [-0.2, 0) is 17.8 Å². The monoisotopic (exact) mass is 398 g/mol. The zero-order chi connectivity index (χ0) is 20.0. The van der Waals surface area contributed by atoms with E-state index in [9.17, 15) is 9.18 Å². The zero-order valence-electron chi connectivity index (χ0n) is 16.8. The van der Waals surface area contributed by atoms with Crippen molar-refractivity contribution in [3.63, 3.8) is 0 Å². The van der Waals surface area contributed by atoms with E-state index >= 15 is 0 Å². The predicted molar refractivity (Wildman–Crippen MR) is 104 cm³/mol. The first-order valence-electron chi connectivity index (χ1n) is 10.6. The van der Waals surface area contributed by atoms with Gasteiger partial charge in [-0.25, -0.2) is 4.39 Å². The zero-order valence-corrected chi connectivity index (χ0v) is 16.8. The summed E-state index contributed by atoms with van der Waals surface area (Å²) in [6.45, 7) is 4.34. The molecule has 29 heavy (non-hydrogen) atoms. The van der Waals surface area contributed by atoms with Crippen LogP contribution in [0.2, 0.25) is 0 Å². The number of hydrogen-bond acceptors (Lipinski definition) is 5. The Morgan fingerprint density at radius 3 is 2.93 bits per heavy atom. The van der Waals surface area contributed by atoms with Gasteiger partial charge in [0, 0.05) is 31.6 Å². The minimum Gasteiger partial charge on any atom is -0.338 e.